The van der Waals surface area contributed by atoms with E-state index < -0.39 is 0 Å². The molecule has 0 amide bonds. The summed E-state index contributed by atoms with van der Waals surface area (Å²) in [5, 5.41) is 0. The van der Waals surface area contributed by atoms with Crippen molar-refractivity contribution < 1.29 is 38.4 Å². The second-order valence-electron chi connectivity index (χ2n) is 1.80. The Morgan fingerprint density at radius 1 is 1.00 bits per heavy atom. The minimum atomic E-state index is -0.171. The molecule has 0 radical (unpaired) electrons. The van der Waals surface area contributed by atoms with Gasteiger partial charge in [-0.05, 0) is 19.1 Å². The van der Waals surface area contributed by atoms with Crippen LogP contribution in [0, 0.1) is 12.7 Å². The first kappa shape index (κ1) is 17.8. The van der Waals surface area contributed by atoms with Gasteiger partial charge in [-0.15, -0.1) is 0 Å². The van der Waals surface area contributed by atoms with Gasteiger partial charge in [0.25, 0.3) is 0 Å². The fourth-order valence-corrected chi connectivity index (χ4v) is 0.533. The Balaban J connectivity index is -0.000000213. The van der Waals surface area contributed by atoms with Gasteiger partial charge >= 0.3 is 23.1 Å². The normalized spacial score (nSPS) is 6.73. The summed E-state index contributed by atoms with van der Waals surface area (Å²) in [4.78, 5) is 0. The molecule has 0 saturated carbocycles. The number of rotatable bonds is 0. The fourth-order valence-electron chi connectivity index (χ4n) is 0.533. The molecule has 0 aliphatic heterocycles. The van der Waals surface area contributed by atoms with E-state index in [0.29, 0.717) is 0 Å². The van der Waals surface area contributed by atoms with Crippen LogP contribution in [0.3, 0.4) is 0 Å². The molecule has 58 valence electrons. The molecule has 1 rings (SSSR count). The molecule has 11 heavy (non-hydrogen) atoms. The van der Waals surface area contributed by atoms with Crippen LogP contribution in [-0.4, -0.2) is 23.1 Å². The Labute approximate surface area is 103 Å². The Kier molecular flexibility index (Phi) is 14.5. The van der Waals surface area contributed by atoms with Gasteiger partial charge < -0.3 is 34.0 Å². The van der Waals surface area contributed by atoms with Crippen molar-refractivity contribution >= 4 is 23.1 Å². The zero-order chi connectivity index (χ0) is 5.98. The first-order valence-corrected chi connectivity index (χ1v) is 2.51. The number of halogens is 3. The Bertz CT molecular complexity index is 155. The Morgan fingerprint density at radius 3 is 1.64 bits per heavy atom. The van der Waals surface area contributed by atoms with Crippen molar-refractivity contribution in [1.82, 2.24) is 0 Å². The molecule has 1 aromatic carbocycles. The summed E-state index contributed by atoms with van der Waals surface area (Å²) in [5.74, 6) is -0.171. The maximum Gasteiger partial charge on any atom is 2.00 e. The van der Waals surface area contributed by atoms with Gasteiger partial charge in [-0.1, -0.05) is 17.7 Å². The maximum absolute atomic E-state index is 12.1. The average Bonchev–Trinajstić information content (AvgIpc) is 1.77. The van der Waals surface area contributed by atoms with Crippen molar-refractivity contribution in [3.63, 3.8) is 0 Å². The minimum absolute atomic E-state index is 0. The summed E-state index contributed by atoms with van der Waals surface area (Å²) in [6.07, 6.45) is 0. The quantitative estimate of drug-likeness (QED) is 0.425. The molecule has 0 bridgehead atoms. The molecule has 0 fully saturated rings. The number of hydrogen-bond donors (Lipinski definition) is 0. The summed E-state index contributed by atoms with van der Waals surface area (Å²) in [5.41, 5.74) is 1.09. The smallest absolute Gasteiger partial charge is 1.00 e. The van der Waals surface area contributed by atoms with Crippen LogP contribution in [0.5, 0.6) is 0 Å². The van der Waals surface area contributed by atoms with E-state index >= 15 is 0 Å². The SMILES string of the molecule is Cc1ccc(F)cc1.[Br-].[Br-].[Mg+2]. The number of hydrogen-bond acceptors (Lipinski definition) is 0. The standard InChI is InChI=1S/C7H7F.2BrH.Mg/c1-6-2-4-7(8)5-3-6;;;/h2-5H,1H3;2*1H;/q;;;+2/p-2. The fraction of sp³-hybridized carbons (Fsp3) is 0.143. The Morgan fingerprint density at radius 2 is 1.36 bits per heavy atom. The molecule has 0 N–H and O–H groups in total. The van der Waals surface area contributed by atoms with Crippen LogP contribution in [-0.2, 0) is 0 Å². The van der Waals surface area contributed by atoms with Gasteiger partial charge in [-0.3, -0.25) is 0 Å². The first-order chi connectivity index (χ1) is 3.79. The summed E-state index contributed by atoms with van der Waals surface area (Å²) < 4.78 is 12.1. The summed E-state index contributed by atoms with van der Waals surface area (Å²) in [6, 6.07) is 6.40. The molecule has 0 nitrogen and oxygen atoms in total. The molecule has 0 aliphatic rings. The predicted molar refractivity (Wildman–Crippen MR) is 36.9 cm³/mol. The van der Waals surface area contributed by atoms with Crippen molar-refractivity contribution in [2.45, 2.75) is 6.92 Å². The third-order valence-corrected chi connectivity index (χ3v) is 1.01. The van der Waals surface area contributed by atoms with Crippen LogP contribution in [0.25, 0.3) is 0 Å². The molecule has 4 heteroatoms. The van der Waals surface area contributed by atoms with Crippen LogP contribution in [0.1, 0.15) is 5.56 Å². The van der Waals surface area contributed by atoms with Crippen molar-refractivity contribution in [2.75, 3.05) is 0 Å². The van der Waals surface area contributed by atoms with E-state index in [1.807, 2.05) is 6.92 Å². The maximum atomic E-state index is 12.1. The number of benzene rings is 1. The van der Waals surface area contributed by atoms with Gasteiger partial charge in [-0.25, -0.2) is 4.39 Å². The van der Waals surface area contributed by atoms with Crippen molar-refractivity contribution in [3.8, 4) is 0 Å². The zero-order valence-corrected chi connectivity index (χ0v) is 10.7. The molecule has 0 saturated heterocycles. The van der Waals surface area contributed by atoms with Crippen LogP contribution in [0.4, 0.5) is 4.39 Å². The molecule has 0 aromatic heterocycles. The monoisotopic (exact) mass is 292 g/mol. The van der Waals surface area contributed by atoms with E-state index in [0.717, 1.165) is 5.56 Å². The third-order valence-electron chi connectivity index (χ3n) is 1.01. The van der Waals surface area contributed by atoms with Crippen LogP contribution in [0.2, 0.25) is 0 Å². The second kappa shape index (κ2) is 8.97. The summed E-state index contributed by atoms with van der Waals surface area (Å²) in [6.45, 7) is 1.93. The molecule has 0 unspecified atom stereocenters. The van der Waals surface area contributed by atoms with Gasteiger partial charge in [-0.2, -0.15) is 0 Å². The molecule has 0 aliphatic carbocycles. The van der Waals surface area contributed by atoms with Gasteiger partial charge in [0, 0.05) is 0 Å². The summed E-state index contributed by atoms with van der Waals surface area (Å²) >= 11 is 0. The molecule has 0 heterocycles. The van der Waals surface area contributed by atoms with Crippen molar-refractivity contribution in [1.29, 1.82) is 0 Å². The minimum Gasteiger partial charge on any atom is -1.00 e. The van der Waals surface area contributed by atoms with E-state index in [1.54, 1.807) is 12.1 Å². The van der Waals surface area contributed by atoms with E-state index in [2.05, 4.69) is 0 Å². The van der Waals surface area contributed by atoms with Crippen LogP contribution >= 0.6 is 0 Å². The largest absolute Gasteiger partial charge is 2.00 e. The molecular weight excluding hydrogens is 287 g/mol. The van der Waals surface area contributed by atoms with E-state index in [4.69, 9.17) is 0 Å². The van der Waals surface area contributed by atoms with E-state index in [1.165, 1.54) is 12.1 Å². The van der Waals surface area contributed by atoms with Crippen LogP contribution in [0.15, 0.2) is 24.3 Å². The zero-order valence-electron chi connectivity index (χ0n) is 6.15. The molecule has 0 atom stereocenters. The van der Waals surface area contributed by atoms with Gasteiger partial charge in [0.15, 0.2) is 0 Å². The molecule has 1 aromatic rings. The second-order valence-corrected chi connectivity index (χ2v) is 1.80. The topological polar surface area (TPSA) is 0 Å². The third kappa shape index (κ3) is 7.24. The van der Waals surface area contributed by atoms with Crippen molar-refractivity contribution in [2.24, 2.45) is 0 Å². The Hall–Kier alpha value is 0.876. The van der Waals surface area contributed by atoms with Crippen molar-refractivity contribution in [3.05, 3.63) is 35.6 Å². The van der Waals surface area contributed by atoms with E-state index in [9.17, 15) is 4.39 Å². The van der Waals surface area contributed by atoms with Gasteiger partial charge in [0.05, 0.1) is 0 Å². The molecular formula is C7H7Br2FMg. The average molecular weight is 294 g/mol. The predicted octanol–water partition coefficient (Wildman–Crippen LogP) is -4.24. The molecule has 0 spiro atoms. The van der Waals surface area contributed by atoms with E-state index in [-0.39, 0.29) is 62.8 Å². The summed E-state index contributed by atoms with van der Waals surface area (Å²) in [7, 11) is 0. The number of aryl methyl sites for hydroxylation is 1. The van der Waals surface area contributed by atoms with Crippen LogP contribution < -0.4 is 34.0 Å². The first-order valence-electron chi connectivity index (χ1n) is 2.51. The van der Waals surface area contributed by atoms with Gasteiger partial charge in [0.2, 0.25) is 0 Å². The van der Waals surface area contributed by atoms with Gasteiger partial charge in [0.1, 0.15) is 5.82 Å².